The monoisotopic (exact) mass is 427 g/mol. The lowest BCUT2D eigenvalue weighted by Crippen LogP contribution is -2.20. The Hall–Kier alpha value is -2.71. The van der Waals surface area contributed by atoms with Gasteiger partial charge in [0.05, 0.1) is 11.6 Å². The highest BCUT2D eigenvalue weighted by Gasteiger charge is 2.27. The predicted octanol–water partition coefficient (Wildman–Crippen LogP) is 4.48. The van der Waals surface area contributed by atoms with E-state index in [1.165, 1.54) is 6.08 Å². The third-order valence-corrected chi connectivity index (χ3v) is 4.18. The molecule has 0 unspecified atom stereocenters. The molecule has 3 rings (SSSR count). The molecule has 0 fully saturated rings. The number of rotatable bonds is 7. The second-order valence-electron chi connectivity index (χ2n) is 6.21. The molecule has 29 heavy (non-hydrogen) atoms. The Kier molecular flexibility index (Phi) is 6.66. The van der Waals surface area contributed by atoms with Gasteiger partial charge < -0.3 is 19.5 Å². The van der Waals surface area contributed by atoms with Crippen LogP contribution in [0.25, 0.3) is 6.08 Å². The molecule has 0 spiro atoms. The first kappa shape index (κ1) is 21.0. The smallest absolute Gasteiger partial charge is 0.411 e. The van der Waals surface area contributed by atoms with Gasteiger partial charge in [-0.1, -0.05) is 35.9 Å². The van der Waals surface area contributed by atoms with Crippen LogP contribution < -0.4 is 14.8 Å². The van der Waals surface area contributed by atoms with Gasteiger partial charge in [-0.15, -0.1) is 0 Å². The molecule has 0 radical (unpaired) electrons. The first-order valence-corrected chi connectivity index (χ1v) is 8.95. The number of nitrogens with one attached hydrogen (secondary N) is 1. The average Bonchev–Trinajstić information content (AvgIpc) is 3.14. The molecule has 0 bridgehead atoms. The zero-order valence-electron chi connectivity index (χ0n) is 15.1. The number of carbonyl (C=O) groups is 1. The maximum atomic E-state index is 12.1. The molecule has 0 aromatic heterocycles. The molecule has 9 heteroatoms. The highest BCUT2D eigenvalue weighted by molar-refractivity contribution is 6.32. The van der Waals surface area contributed by atoms with E-state index < -0.39 is 12.8 Å². The van der Waals surface area contributed by atoms with Crippen LogP contribution in [-0.4, -0.2) is 25.5 Å². The van der Waals surface area contributed by atoms with Crippen LogP contribution in [0, 0.1) is 0 Å². The fourth-order valence-corrected chi connectivity index (χ4v) is 2.82. The third-order valence-electron chi connectivity index (χ3n) is 3.90. The SMILES string of the molecule is O=C(/C=C/c1cc(Cl)c2c(c1)OCO2)NCc1ccc(COCC(F)(F)F)cc1. The summed E-state index contributed by atoms with van der Waals surface area (Å²) >= 11 is 6.09. The molecule has 1 aliphatic heterocycles. The Morgan fingerprint density at radius 3 is 2.62 bits per heavy atom. The van der Waals surface area contributed by atoms with Crippen molar-refractivity contribution in [1.29, 1.82) is 0 Å². The quantitative estimate of drug-likeness (QED) is 0.662. The zero-order chi connectivity index (χ0) is 20.9. The number of carbonyl (C=O) groups excluding carboxylic acids is 1. The van der Waals surface area contributed by atoms with E-state index in [4.69, 9.17) is 21.1 Å². The summed E-state index contributed by atoms with van der Waals surface area (Å²) in [7, 11) is 0. The summed E-state index contributed by atoms with van der Waals surface area (Å²) in [6.45, 7) is -1.04. The van der Waals surface area contributed by atoms with Gasteiger partial charge in [0, 0.05) is 12.6 Å². The lowest BCUT2D eigenvalue weighted by Gasteiger charge is -2.08. The van der Waals surface area contributed by atoms with Gasteiger partial charge in [0.2, 0.25) is 12.7 Å². The summed E-state index contributed by atoms with van der Waals surface area (Å²) in [5.41, 5.74) is 2.11. The lowest BCUT2D eigenvalue weighted by atomic mass is 10.1. The second kappa shape index (κ2) is 9.19. The molecule has 2 aromatic carbocycles. The Morgan fingerprint density at radius 2 is 1.90 bits per heavy atom. The molecule has 1 N–H and O–H groups in total. The summed E-state index contributed by atoms with van der Waals surface area (Å²) < 4.78 is 51.3. The minimum Gasteiger partial charge on any atom is -0.454 e. The molecule has 2 aromatic rings. The van der Waals surface area contributed by atoms with E-state index in [2.05, 4.69) is 10.1 Å². The van der Waals surface area contributed by atoms with E-state index in [9.17, 15) is 18.0 Å². The van der Waals surface area contributed by atoms with E-state index in [1.54, 1.807) is 42.5 Å². The number of fused-ring (bicyclic) bond motifs is 1. The maximum Gasteiger partial charge on any atom is 0.411 e. The van der Waals surface area contributed by atoms with E-state index in [0.29, 0.717) is 27.6 Å². The van der Waals surface area contributed by atoms with Gasteiger partial charge in [0.25, 0.3) is 0 Å². The van der Waals surface area contributed by atoms with Gasteiger partial charge >= 0.3 is 6.18 Å². The fraction of sp³-hybridized carbons (Fsp3) is 0.250. The first-order valence-electron chi connectivity index (χ1n) is 8.57. The number of amides is 1. The molecule has 1 amide bonds. The van der Waals surface area contributed by atoms with Crippen molar-refractivity contribution < 1.29 is 32.2 Å². The van der Waals surface area contributed by atoms with Crippen molar-refractivity contribution in [1.82, 2.24) is 5.32 Å². The van der Waals surface area contributed by atoms with E-state index in [-0.39, 0.29) is 25.9 Å². The highest BCUT2D eigenvalue weighted by atomic mass is 35.5. The number of hydrogen-bond acceptors (Lipinski definition) is 4. The van der Waals surface area contributed by atoms with Crippen molar-refractivity contribution in [2.75, 3.05) is 13.4 Å². The highest BCUT2D eigenvalue weighted by Crippen LogP contribution is 2.40. The Labute approximate surface area is 170 Å². The largest absolute Gasteiger partial charge is 0.454 e. The molecule has 0 atom stereocenters. The van der Waals surface area contributed by atoms with Gasteiger partial charge in [-0.2, -0.15) is 13.2 Å². The van der Waals surface area contributed by atoms with Crippen LogP contribution in [0.1, 0.15) is 16.7 Å². The van der Waals surface area contributed by atoms with Crippen LogP contribution in [0.3, 0.4) is 0 Å². The van der Waals surface area contributed by atoms with Crippen LogP contribution in [0.4, 0.5) is 13.2 Å². The van der Waals surface area contributed by atoms with Gasteiger partial charge in [0.15, 0.2) is 11.5 Å². The van der Waals surface area contributed by atoms with E-state index in [1.807, 2.05) is 0 Å². The van der Waals surface area contributed by atoms with Crippen LogP contribution in [-0.2, 0) is 22.7 Å². The molecular weight excluding hydrogens is 411 g/mol. The minimum atomic E-state index is -4.34. The van der Waals surface area contributed by atoms with Crippen molar-refractivity contribution in [3.63, 3.8) is 0 Å². The van der Waals surface area contributed by atoms with Crippen molar-refractivity contribution >= 4 is 23.6 Å². The van der Waals surface area contributed by atoms with Crippen molar-refractivity contribution in [3.8, 4) is 11.5 Å². The molecule has 1 aliphatic rings. The molecule has 0 saturated heterocycles. The first-order chi connectivity index (χ1) is 13.8. The van der Waals surface area contributed by atoms with Crippen molar-refractivity contribution in [2.45, 2.75) is 19.3 Å². The molecular formula is C20H17ClF3NO4. The van der Waals surface area contributed by atoms with Gasteiger partial charge in [-0.3, -0.25) is 4.79 Å². The summed E-state index contributed by atoms with van der Waals surface area (Å²) in [5.74, 6) is 0.703. The molecule has 154 valence electrons. The molecule has 5 nitrogen and oxygen atoms in total. The standard InChI is InChI=1S/C20H17ClF3NO4/c21-16-7-15(8-17-19(16)29-12-28-17)5-6-18(26)25-9-13-1-3-14(4-2-13)10-27-11-20(22,23)24/h1-8H,9-12H2,(H,25,26)/b6-5+. The number of ether oxygens (including phenoxy) is 3. The predicted molar refractivity (Wildman–Crippen MR) is 101 cm³/mol. The third kappa shape index (κ3) is 6.40. The zero-order valence-corrected chi connectivity index (χ0v) is 15.8. The summed E-state index contributed by atoms with van der Waals surface area (Å²) in [4.78, 5) is 12.0. The summed E-state index contributed by atoms with van der Waals surface area (Å²) in [5, 5.41) is 3.13. The van der Waals surface area contributed by atoms with Crippen LogP contribution in [0.15, 0.2) is 42.5 Å². The normalized spacial score (nSPS) is 13.1. The Balaban J connectivity index is 1.47. The Bertz CT molecular complexity index is 898. The number of benzene rings is 2. The molecule has 0 saturated carbocycles. The molecule has 1 heterocycles. The van der Waals surface area contributed by atoms with Gasteiger partial charge in [-0.05, 0) is 34.9 Å². The van der Waals surface area contributed by atoms with E-state index in [0.717, 1.165) is 5.56 Å². The van der Waals surface area contributed by atoms with E-state index >= 15 is 0 Å². The fourth-order valence-electron chi connectivity index (χ4n) is 2.54. The topological polar surface area (TPSA) is 56.8 Å². The van der Waals surface area contributed by atoms with Crippen LogP contribution in [0.2, 0.25) is 5.02 Å². The van der Waals surface area contributed by atoms with Gasteiger partial charge in [-0.25, -0.2) is 0 Å². The number of halogens is 4. The summed E-state index contributed by atoms with van der Waals surface area (Å²) in [6.07, 6.45) is -1.37. The van der Waals surface area contributed by atoms with Crippen LogP contribution in [0.5, 0.6) is 11.5 Å². The lowest BCUT2D eigenvalue weighted by molar-refractivity contribution is -0.176. The number of alkyl halides is 3. The minimum absolute atomic E-state index is 0.107. The van der Waals surface area contributed by atoms with Crippen LogP contribution >= 0.6 is 11.6 Å². The number of hydrogen-bond donors (Lipinski definition) is 1. The second-order valence-corrected chi connectivity index (χ2v) is 6.62. The molecule has 0 aliphatic carbocycles. The summed E-state index contributed by atoms with van der Waals surface area (Å²) in [6, 6.07) is 10.1. The average molecular weight is 428 g/mol. The van der Waals surface area contributed by atoms with Crippen molar-refractivity contribution in [2.24, 2.45) is 0 Å². The van der Waals surface area contributed by atoms with Gasteiger partial charge in [0.1, 0.15) is 6.61 Å². The van der Waals surface area contributed by atoms with Crippen molar-refractivity contribution in [3.05, 3.63) is 64.2 Å². The maximum absolute atomic E-state index is 12.1. The Morgan fingerprint density at radius 1 is 1.17 bits per heavy atom.